The second-order valence-corrected chi connectivity index (χ2v) is 6.36. The lowest BCUT2D eigenvalue weighted by Crippen LogP contribution is -2.21. The number of ether oxygens (including phenoxy) is 1. The second-order valence-electron chi connectivity index (χ2n) is 3.84. The van der Waals surface area contributed by atoms with Gasteiger partial charge in [-0.3, -0.25) is 0 Å². The van der Waals surface area contributed by atoms with Crippen molar-refractivity contribution in [2.24, 2.45) is 0 Å². The minimum Gasteiger partial charge on any atom is -0.379 e. The Balaban J connectivity index is 2.31. The molecule has 0 spiro atoms. The Bertz CT molecular complexity index is 477. The van der Waals surface area contributed by atoms with E-state index in [0.717, 1.165) is 19.4 Å². The highest BCUT2D eigenvalue weighted by Crippen LogP contribution is 2.23. The molecule has 1 aromatic rings. The third-order valence-electron chi connectivity index (χ3n) is 2.67. The van der Waals surface area contributed by atoms with Gasteiger partial charge in [0.05, 0.1) is 12.6 Å². The number of halogens is 1. The van der Waals surface area contributed by atoms with Crippen LogP contribution in [0.1, 0.15) is 24.7 Å². The molecule has 0 bridgehead atoms. The summed E-state index contributed by atoms with van der Waals surface area (Å²) in [5.41, 5.74) is 0. The Morgan fingerprint density at radius 2 is 2.38 bits per heavy atom. The van der Waals surface area contributed by atoms with Crippen molar-refractivity contribution in [2.45, 2.75) is 30.8 Å². The van der Waals surface area contributed by atoms with Crippen LogP contribution in [0.25, 0.3) is 0 Å². The Labute approximate surface area is 98.8 Å². The molecule has 1 saturated heterocycles. The van der Waals surface area contributed by atoms with E-state index in [1.807, 2.05) is 4.57 Å². The predicted molar refractivity (Wildman–Crippen MR) is 59.1 cm³/mol. The molecular weight excluding hydrogens is 252 g/mol. The molecular formula is C9H13ClN2O3S. The van der Waals surface area contributed by atoms with Crippen molar-refractivity contribution in [2.75, 3.05) is 13.2 Å². The van der Waals surface area contributed by atoms with E-state index < -0.39 is 9.05 Å². The summed E-state index contributed by atoms with van der Waals surface area (Å²) in [7, 11) is 1.50. The lowest BCUT2D eigenvalue weighted by atomic mass is 10.1. The first-order valence-electron chi connectivity index (χ1n) is 5.06. The van der Waals surface area contributed by atoms with Crippen LogP contribution in [-0.2, 0) is 13.8 Å². The minimum absolute atomic E-state index is 0.0859. The fourth-order valence-corrected chi connectivity index (χ4v) is 2.59. The van der Waals surface area contributed by atoms with Crippen LogP contribution in [0.4, 0.5) is 0 Å². The highest BCUT2D eigenvalue weighted by atomic mass is 35.7. The van der Waals surface area contributed by atoms with E-state index >= 15 is 0 Å². The van der Waals surface area contributed by atoms with Crippen LogP contribution >= 0.6 is 10.7 Å². The van der Waals surface area contributed by atoms with Crippen LogP contribution in [0, 0.1) is 6.92 Å². The molecule has 1 aliphatic rings. The molecule has 5 nitrogen and oxygen atoms in total. The van der Waals surface area contributed by atoms with Gasteiger partial charge in [0.1, 0.15) is 5.82 Å². The number of nitrogens with zero attached hydrogens (tertiary/aromatic N) is 2. The fraction of sp³-hybridized carbons (Fsp3) is 0.667. The molecule has 0 radical (unpaired) electrons. The first kappa shape index (κ1) is 11.9. The summed E-state index contributed by atoms with van der Waals surface area (Å²) in [6, 6.07) is 0.161. The molecule has 1 fully saturated rings. The molecule has 7 heteroatoms. The molecule has 0 amide bonds. The summed E-state index contributed by atoms with van der Waals surface area (Å²) in [5.74, 6) is 0.648. The highest BCUT2D eigenvalue weighted by Gasteiger charge is 2.22. The van der Waals surface area contributed by atoms with E-state index in [9.17, 15) is 8.42 Å². The molecule has 0 N–H and O–H groups in total. The van der Waals surface area contributed by atoms with Gasteiger partial charge in [0, 0.05) is 23.5 Å². The molecule has 90 valence electrons. The van der Waals surface area contributed by atoms with Gasteiger partial charge in [0.2, 0.25) is 0 Å². The van der Waals surface area contributed by atoms with Crippen LogP contribution in [-0.4, -0.2) is 31.2 Å². The molecule has 0 saturated carbocycles. The van der Waals surface area contributed by atoms with Gasteiger partial charge < -0.3 is 9.30 Å². The summed E-state index contributed by atoms with van der Waals surface area (Å²) in [6.07, 6.45) is 3.43. The molecule has 0 aliphatic carbocycles. The average Bonchev–Trinajstić information content (AvgIpc) is 2.61. The van der Waals surface area contributed by atoms with Crippen LogP contribution in [0.2, 0.25) is 0 Å². The third-order valence-corrected chi connectivity index (χ3v) is 3.85. The maximum absolute atomic E-state index is 11.1. The molecule has 1 aliphatic heterocycles. The summed E-state index contributed by atoms with van der Waals surface area (Å²) in [4.78, 5) is 3.94. The van der Waals surface area contributed by atoms with Crippen molar-refractivity contribution in [1.82, 2.24) is 9.55 Å². The lowest BCUT2D eigenvalue weighted by Gasteiger charge is -2.24. The van der Waals surface area contributed by atoms with Gasteiger partial charge >= 0.3 is 0 Å². The third kappa shape index (κ3) is 2.39. The Morgan fingerprint density at radius 1 is 1.62 bits per heavy atom. The first-order chi connectivity index (χ1) is 7.48. The molecule has 0 aromatic carbocycles. The highest BCUT2D eigenvalue weighted by molar-refractivity contribution is 8.13. The number of hydrogen-bond acceptors (Lipinski definition) is 4. The summed E-state index contributed by atoms with van der Waals surface area (Å²) in [5, 5.41) is -0.0859. The van der Waals surface area contributed by atoms with Gasteiger partial charge in [0.15, 0.2) is 5.03 Å². The number of aryl methyl sites for hydroxylation is 1. The molecule has 1 aromatic heterocycles. The summed E-state index contributed by atoms with van der Waals surface area (Å²) >= 11 is 0. The monoisotopic (exact) mass is 264 g/mol. The van der Waals surface area contributed by atoms with Crippen molar-refractivity contribution >= 4 is 19.7 Å². The quantitative estimate of drug-likeness (QED) is 0.759. The van der Waals surface area contributed by atoms with Gasteiger partial charge in [0.25, 0.3) is 9.05 Å². The standard InChI is InChI=1S/C9H13ClN2O3S/c1-7-11-9(16(10,13)14)5-12(7)8-3-2-4-15-6-8/h5,8H,2-4,6H2,1H3. The first-order valence-corrected chi connectivity index (χ1v) is 7.37. The smallest absolute Gasteiger partial charge is 0.280 e. The van der Waals surface area contributed by atoms with E-state index in [0.29, 0.717) is 12.4 Å². The van der Waals surface area contributed by atoms with Crippen molar-refractivity contribution in [1.29, 1.82) is 0 Å². The largest absolute Gasteiger partial charge is 0.379 e. The van der Waals surface area contributed by atoms with Gasteiger partial charge in [-0.25, -0.2) is 13.4 Å². The molecule has 2 rings (SSSR count). The lowest BCUT2D eigenvalue weighted by molar-refractivity contribution is 0.0584. The number of imidazole rings is 1. The van der Waals surface area contributed by atoms with E-state index in [4.69, 9.17) is 15.4 Å². The van der Waals surface area contributed by atoms with Gasteiger partial charge in [-0.1, -0.05) is 0 Å². The van der Waals surface area contributed by atoms with Crippen LogP contribution < -0.4 is 0 Å². The zero-order valence-corrected chi connectivity index (χ0v) is 10.5. The fourth-order valence-electron chi connectivity index (χ4n) is 1.89. The van der Waals surface area contributed by atoms with Crippen molar-refractivity contribution < 1.29 is 13.2 Å². The Hall–Kier alpha value is -0.590. The zero-order chi connectivity index (χ0) is 11.8. The number of hydrogen-bond donors (Lipinski definition) is 0. The maximum atomic E-state index is 11.1. The van der Waals surface area contributed by atoms with Crippen LogP contribution in [0.15, 0.2) is 11.2 Å². The topological polar surface area (TPSA) is 61.2 Å². The number of rotatable bonds is 2. The van der Waals surface area contributed by atoms with E-state index in [1.165, 1.54) is 6.20 Å². The van der Waals surface area contributed by atoms with E-state index in [-0.39, 0.29) is 11.1 Å². The Kier molecular flexibility index (Phi) is 3.23. The van der Waals surface area contributed by atoms with E-state index in [1.54, 1.807) is 6.92 Å². The zero-order valence-electron chi connectivity index (χ0n) is 8.89. The molecule has 2 heterocycles. The molecule has 16 heavy (non-hydrogen) atoms. The normalized spacial score (nSPS) is 22.2. The summed E-state index contributed by atoms with van der Waals surface area (Å²) in [6.45, 7) is 3.13. The SMILES string of the molecule is Cc1nc(S(=O)(=O)Cl)cn1C1CCCOC1. The Morgan fingerprint density at radius 3 is 2.88 bits per heavy atom. The van der Waals surface area contributed by atoms with Gasteiger partial charge in [-0.2, -0.15) is 0 Å². The predicted octanol–water partition coefficient (Wildman–Crippen LogP) is 1.47. The summed E-state index contributed by atoms with van der Waals surface area (Å²) < 4.78 is 29.5. The average molecular weight is 265 g/mol. The van der Waals surface area contributed by atoms with Crippen molar-refractivity contribution in [3.05, 3.63) is 12.0 Å². The number of aromatic nitrogens is 2. The van der Waals surface area contributed by atoms with Gasteiger partial charge in [-0.15, -0.1) is 0 Å². The van der Waals surface area contributed by atoms with Crippen LogP contribution in [0.3, 0.4) is 0 Å². The van der Waals surface area contributed by atoms with Crippen LogP contribution in [0.5, 0.6) is 0 Å². The molecule has 1 unspecified atom stereocenters. The maximum Gasteiger partial charge on any atom is 0.280 e. The van der Waals surface area contributed by atoms with Crippen molar-refractivity contribution in [3.8, 4) is 0 Å². The van der Waals surface area contributed by atoms with E-state index in [2.05, 4.69) is 4.98 Å². The minimum atomic E-state index is -3.74. The second kappa shape index (κ2) is 4.35. The van der Waals surface area contributed by atoms with Gasteiger partial charge in [-0.05, 0) is 19.8 Å². The molecule has 1 atom stereocenters. The van der Waals surface area contributed by atoms with Crippen molar-refractivity contribution in [3.63, 3.8) is 0 Å².